The number of rotatable bonds is 5. The Morgan fingerprint density at radius 3 is 2.62 bits per heavy atom. The van der Waals surface area contributed by atoms with Crippen LogP contribution in [0.5, 0.6) is 0 Å². The molecule has 2 N–H and O–H groups in total. The molecule has 3 rings (SSSR count). The van der Waals surface area contributed by atoms with Crippen LogP contribution in [0.3, 0.4) is 0 Å². The molecule has 2 bridgehead atoms. The summed E-state index contributed by atoms with van der Waals surface area (Å²) in [5.74, 6) is 1.71. The number of fused-ring (bicyclic) bond motifs is 2. The van der Waals surface area contributed by atoms with Crippen LogP contribution in [0, 0.1) is 17.8 Å². The number of halogens is 1. The quantitative estimate of drug-likeness (QED) is 0.836. The Balaban J connectivity index is 1.76. The fourth-order valence-corrected chi connectivity index (χ4v) is 5.22. The standard InChI is InChI=1S/C17H23ClN2O3S/c1-10(14-8-11-3-4-12(14)7-11)20-17(21)15-9-13(5-6-16(15)18)24(22,23)19-2/h5-6,9-12,14,19H,3-4,7-8H2,1-2H3,(H,20,21). The highest BCUT2D eigenvalue weighted by Gasteiger charge is 2.42. The predicted octanol–water partition coefficient (Wildman–Crippen LogP) is 2.80. The molecule has 7 heteroatoms. The second kappa shape index (κ2) is 6.65. The second-order valence-electron chi connectivity index (χ2n) is 6.95. The number of benzene rings is 1. The van der Waals surface area contributed by atoms with Gasteiger partial charge < -0.3 is 5.32 Å². The number of carbonyl (C=O) groups excluding carboxylic acids is 1. The minimum Gasteiger partial charge on any atom is -0.349 e. The largest absolute Gasteiger partial charge is 0.349 e. The number of amides is 1. The molecular formula is C17H23ClN2O3S. The average molecular weight is 371 g/mol. The molecule has 5 nitrogen and oxygen atoms in total. The molecule has 0 saturated heterocycles. The van der Waals surface area contributed by atoms with Gasteiger partial charge in [-0.05, 0) is 69.2 Å². The average Bonchev–Trinajstić information content (AvgIpc) is 3.18. The van der Waals surface area contributed by atoms with E-state index in [1.54, 1.807) is 0 Å². The minimum absolute atomic E-state index is 0.0344. The lowest BCUT2D eigenvalue weighted by atomic mass is 9.84. The van der Waals surface area contributed by atoms with Crippen LogP contribution in [-0.2, 0) is 10.0 Å². The molecule has 0 heterocycles. The summed E-state index contributed by atoms with van der Waals surface area (Å²) in [6.45, 7) is 2.03. The van der Waals surface area contributed by atoms with E-state index in [4.69, 9.17) is 11.6 Å². The third kappa shape index (κ3) is 3.32. The molecule has 2 aliphatic rings. The van der Waals surface area contributed by atoms with E-state index in [0.29, 0.717) is 11.8 Å². The predicted molar refractivity (Wildman–Crippen MR) is 93.6 cm³/mol. The van der Waals surface area contributed by atoms with Crippen LogP contribution in [0.1, 0.15) is 43.0 Å². The maximum atomic E-state index is 12.6. The molecule has 1 aromatic rings. The van der Waals surface area contributed by atoms with Gasteiger partial charge in [-0.3, -0.25) is 4.79 Å². The first kappa shape index (κ1) is 17.7. The second-order valence-corrected chi connectivity index (χ2v) is 9.24. The van der Waals surface area contributed by atoms with Gasteiger partial charge in [0.05, 0.1) is 15.5 Å². The summed E-state index contributed by atoms with van der Waals surface area (Å²) in [6.07, 6.45) is 5.03. The van der Waals surface area contributed by atoms with Crippen molar-refractivity contribution in [2.24, 2.45) is 17.8 Å². The highest BCUT2D eigenvalue weighted by atomic mass is 35.5. The maximum absolute atomic E-state index is 12.6. The van der Waals surface area contributed by atoms with E-state index in [9.17, 15) is 13.2 Å². The van der Waals surface area contributed by atoms with Crippen LogP contribution in [0.25, 0.3) is 0 Å². The number of nitrogens with one attached hydrogen (secondary N) is 2. The first-order valence-electron chi connectivity index (χ1n) is 8.35. The SMILES string of the molecule is CNS(=O)(=O)c1ccc(Cl)c(C(=O)NC(C)C2CC3CCC2C3)c1. The van der Waals surface area contributed by atoms with Crippen molar-refractivity contribution in [3.63, 3.8) is 0 Å². The van der Waals surface area contributed by atoms with E-state index < -0.39 is 10.0 Å². The monoisotopic (exact) mass is 370 g/mol. The number of carbonyl (C=O) groups is 1. The van der Waals surface area contributed by atoms with Crippen molar-refractivity contribution in [1.82, 2.24) is 10.0 Å². The highest BCUT2D eigenvalue weighted by molar-refractivity contribution is 7.89. The zero-order valence-corrected chi connectivity index (χ0v) is 15.5. The van der Waals surface area contributed by atoms with Gasteiger partial charge in [-0.15, -0.1) is 0 Å². The zero-order valence-electron chi connectivity index (χ0n) is 13.9. The number of hydrogen-bond acceptors (Lipinski definition) is 3. The molecule has 0 aromatic heterocycles. The van der Waals surface area contributed by atoms with Crippen molar-refractivity contribution >= 4 is 27.5 Å². The normalized spacial score (nSPS) is 27.2. The molecule has 132 valence electrons. The molecule has 0 aliphatic heterocycles. The Morgan fingerprint density at radius 2 is 2.04 bits per heavy atom. The molecule has 1 amide bonds. The minimum atomic E-state index is -3.61. The van der Waals surface area contributed by atoms with Crippen molar-refractivity contribution in [2.75, 3.05) is 7.05 Å². The van der Waals surface area contributed by atoms with E-state index in [2.05, 4.69) is 10.0 Å². The van der Waals surface area contributed by atoms with Gasteiger partial charge in [-0.25, -0.2) is 13.1 Å². The van der Waals surface area contributed by atoms with Gasteiger partial charge in [0.2, 0.25) is 10.0 Å². The fourth-order valence-electron chi connectivity index (χ4n) is 4.26. The summed E-state index contributed by atoms with van der Waals surface area (Å²) in [4.78, 5) is 12.6. The molecule has 1 aromatic carbocycles. The molecule has 2 fully saturated rings. The molecule has 0 radical (unpaired) electrons. The van der Waals surface area contributed by atoms with Gasteiger partial charge in [0.1, 0.15) is 0 Å². The summed E-state index contributed by atoms with van der Waals surface area (Å²) >= 11 is 6.11. The molecular weight excluding hydrogens is 348 g/mol. The molecule has 2 saturated carbocycles. The van der Waals surface area contributed by atoms with Gasteiger partial charge in [0.25, 0.3) is 5.91 Å². The first-order chi connectivity index (χ1) is 11.3. The van der Waals surface area contributed by atoms with E-state index >= 15 is 0 Å². The fraction of sp³-hybridized carbons (Fsp3) is 0.588. The Kier molecular flexibility index (Phi) is 4.91. The van der Waals surface area contributed by atoms with Gasteiger partial charge in [-0.2, -0.15) is 0 Å². The van der Waals surface area contributed by atoms with Crippen LogP contribution in [-0.4, -0.2) is 27.4 Å². The number of hydrogen-bond donors (Lipinski definition) is 2. The van der Waals surface area contributed by atoms with E-state index in [1.165, 1.54) is 50.9 Å². The van der Waals surface area contributed by atoms with Gasteiger partial charge in [0.15, 0.2) is 0 Å². The van der Waals surface area contributed by atoms with Crippen molar-refractivity contribution in [2.45, 2.75) is 43.5 Å². The Hall–Kier alpha value is -1.11. The van der Waals surface area contributed by atoms with Crippen LogP contribution in [0.2, 0.25) is 5.02 Å². The van der Waals surface area contributed by atoms with Crippen LogP contribution < -0.4 is 10.0 Å². The lowest BCUT2D eigenvalue weighted by molar-refractivity contribution is 0.0915. The number of sulfonamides is 1. The lowest BCUT2D eigenvalue weighted by Crippen LogP contribution is -2.40. The topological polar surface area (TPSA) is 75.3 Å². The van der Waals surface area contributed by atoms with Crippen molar-refractivity contribution in [3.05, 3.63) is 28.8 Å². The Morgan fingerprint density at radius 1 is 1.29 bits per heavy atom. The lowest BCUT2D eigenvalue weighted by Gasteiger charge is -2.28. The Labute approximate surface area is 148 Å². The summed E-state index contributed by atoms with van der Waals surface area (Å²) in [5.41, 5.74) is 0.197. The maximum Gasteiger partial charge on any atom is 0.253 e. The molecule has 0 spiro atoms. The van der Waals surface area contributed by atoms with Gasteiger partial charge in [0, 0.05) is 6.04 Å². The van der Waals surface area contributed by atoms with Crippen molar-refractivity contribution in [3.8, 4) is 0 Å². The van der Waals surface area contributed by atoms with E-state index in [0.717, 1.165) is 5.92 Å². The van der Waals surface area contributed by atoms with Crippen molar-refractivity contribution < 1.29 is 13.2 Å². The molecule has 2 aliphatic carbocycles. The van der Waals surface area contributed by atoms with Crippen molar-refractivity contribution in [1.29, 1.82) is 0 Å². The van der Waals surface area contributed by atoms with Gasteiger partial charge in [-0.1, -0.05) is 18.0 Å². The smallest absolute Gasteiger partial charge is 0.253 e. The summed E-state index contributed by atoms with van der Waals surface area (Å²) in [5, 5.41) is 3.27. The van der Waals surface area contributed by atoms with E-state index in [-0.39, 0.29) is 27.4 Å². The third-order valence-electron chi connectivity index (χ3n) is 5.56. The summed E-state index contributed by atoms with van der Waals surface area (Å²) in [6, 6.07) is 4.23. The van der Waals surface area contributed by atoms with Crippen LogP contribution in [0.4, 0.5) is 0 Å². The van der Waals surface area contributed by atoms with Gasteiger partial charge >= 0.3 is 0 Å². The summed E-state index contributed by atoms with van der Waals surface area (Å²) < 4.78 is 26.1. The molecule has 4 unspecified atom stereocenters. The van der Waals surface area contributed by atoms with E-state index in [1.807, 2.05) is 6.92 Å². The first-order valence-corrected chi connectivity index (χ1v) is 10.2. The Bertz CT molecular complexity index is 750. The zero-order chi connectivity index (χ0) is 17.5. The van der Waals surface area contributed by atoms with Crippen LogP contribution in [0.15, 0.2) is 23.1 Å². The molecule has 24 heavy (non-hydrogen) atoms. The highest BCUT2D eigenvalue weighted by Crippen LogP contribution is 2.49. The molecule has 4 atom stereocenters. The van der Waals surface area contributed by atoms with Crippen LogP contribution >= 0.6 is 11.6 Å². The summed E-state index contributed by atoms with van der Waals surface area (Å²) in [7, 11) is -2.28. The third-order valence-corrected chi connectivity index (χ3v) is 7.30.